The number of carbonyl (C=O) groups excluding carboxylic acids is 4. The highest BCUT2D eigenvalue weighted by atomic mass is 32.2. The predicted octanol–water partition coefficient (Wildman–Crippen LogP) is 4.83. The normalized spacial score (nSPS) is 26.9. The highest BCUT2D eigenvalue weighted by molar-refractivity contribution is 7.91. The van der Waals surface area contributed by atoms with Gasteiger partial charge >= 0.3 is 18.4 Å². The SMILES string of the molecule is COc1ccc2nc(C(F)(F)F)c(O[C@@H]3C[C@H]4C(=O)N[C@]5(C(=O)NS(=O)(=O)C6(C)CC6)C[C@H]5/C=C\CCCCC[C@H](NC(=O)OC(C)(C)C(F)(F)F)C(=O)N4C3)nc2c1. The van der Waals surface area contributed by atoms with Gasteiger partial charge in [0.2, 0.25) is 39.0 Å². The third kappa shape index (κ3) is 9.15. The summed E-state index contributed by atoms with van der Waals surface area (Å²) in [4.78, 5) is 64.0. The molecule has 3 N–H and O–H groups in total. The van der Waals surface area contributed by atoms with Gasteiger partial charge in [0.25, 0.3) is 5.91 Å². The van der Waals surface area contributed by atoms with Crippen LogP contribution in [0.25, 0.3) is 11.0 Å². The van der Waals surface area contributed by atoms with Crippen LogP contribution in [0.5, 0.6) is 11.6 Å². The lowest BCUT2D eigenvalue weighted by atomic mass is 10.0. The first-order valence-electron chi connectivity index (χ1n) is 18.9. The number of rotatable bonds is 8. The van der Waals surface area contributed by atoms with E-state index in [0.29, 0.717) is 46.0 Å². The second-order valence-corrected chi connectivity index (χ2v) is 18.2. The van der Waals surface area contributed by atoms with Gasteiger partial charge in [0.15, 0.2) is 0 Å². The van der Waals surface area contributed by atoms with Crippen molar-refractivity contribution >= 4 is 44.9 Å². The summed E-state index contributed by atoms with van der Waals surface area (Å²) < 4.78 is 127. The lowest BCUT2D eigenvalue weighted by Gasteiger charge is -2.31. The van der Waals surface area contributed by atoms with E-state index in [1.165, 1.54) is 32.2 Å². The Kier molecular flexibility index (Phi) is 11.6. The van der Waals surface area contributed by atoms with Crippen molar-refractivity contribution in [3.8, 4) is 11.6 Å². The van der Waals surface area contributed by atoms with Gasteiger partial charge in [-0.15, -0.1) is 0 Å². The summed E-state index contributed by atoms with van der Waals surface area (Å²) in [7, 11) is -2.84. The number of hydrogen-bond acceptors (Lipinski definition) is 11. The fraction of sp³-hybridized carbons (Fsp3) is 0.622. The molecule has 1 aromatic carbocycles. The van der Waals surface area contributed by atoms with Gasteiger partial charge in [-0.05, 0) is 71.4 Å². The van der Waals surface area contributed by atoms with Crippen LogP contribution in [0, 0.1) is 5.92 Å². The number of nitrogens with one attached hydrogen (secondary N) is 3. The van der Waals surface area contributed by atoms with E-state index in [0.717, 1.165) is 4.90 Å². The molecule has 1 saturated heterocycles. The lowest BCUT2D eigenvalue weighted by Crippen LogP contribution is -2.59. The van der Waals surface area contributed by atoms with Crippen LogP contribution in [0.15, 0.2) is 30.4 Å². The van der Waals surface area contributed by atoms with E-state index < -0.39 is 111 Å². The molecule has 2 saturated carbocycles. The Balaban J connectivity index is 1.35. The van der Waals surface area contributed by atoms with Gasteiger partial charge in [-0.2, -0.15) is 26.3 Å². The van der Waals surface area contributed by atoms with Crippen molar-refractivity contribution in [2.24, 2.45) is 5.92 Å². The zero-order valence-electron chi connectivity index (χ0n) is 32.5. The molecular formula is C37H44F6N6O9S. The van der Waals surface area contributed by atoms with Crippen LogP contribution < -0.4 is 24.8 Å². The topological polar surface area (TPSA) is 195 Å². The Morgan fingerprint density at radius 3 is 2.37 bits per heavy atom. The highest BCUT2D eigenvalue weighted by Gasteiger charge is 2.63. The van der Waals surface area contributed by atoms with Crippen molar-refractivity contribution in [2.75, 3.05) is 13.7 Å². The van der Waals surface area contributed by atoms with Gasteiger partial charge in [-0.1, -0.05) is 25.0 Å². The molecule has 0 unspecified atom stereocenters. The number of halogens is 6. The quantitative estimate of drug-likeness (QED) is 0.243. The average molecular weight is 863 g/mol. The van der Waals surface area contributed by atoms with Crippen molar-refractivity contribution < 1.29 is 68.1 Å². The Hall–Kier alpha value is -4.89. The van der Waals surface area contributed by atoms with Gasteiger partial charge in [-0.25, -0.2) is 23.2 Å². The number of carbonyl (C=O) groups is 4. The fourth-order valence-electron chi connectivity index (χ4n) is 6.98. The number of benzene rings is 1. The Labute approximate surface area is 335 Å². The number of aromatic nitrogens is 2. The van der Waals surface area contributed by atoms with Crippen LogP contribution >= 0.6 is 0 Å². The molecule has 6 rings (SSSR count). The van der Waals surface area contributed by atoms with Crippen molar-refractivity contribution in [3.63, 3.8) is 0 Å². The second kappa shape index (κ2) is 15.6. The molecule has 0 bridgehead atoms. The van der Waals surface area contributed by atoms with Crippen molar-refractivity contribution in [2.45, 2.75) is 125 Å². The molecule has 2 aliphatic heterocycles. The molecule has 15 nitrogen and oxygen atoms in total. The molecule has 0 spiro atoms. The Morgan fingerprint density at radius 2 is 1.73 bits per heavy atom. The summed E-state index contributed by atoms with van der Waals surface area (Å²) in [5, 5.41) is 4.79. The van der Waals surface area contributed by atoms with E-state index in [-0.39, 0.29) is 36.0 Å². The van der Waals surface area contributed by atoms with E-state index >= 15 is 0 Å². The molecular weight excluding hydrogens is 818 g/mol. The molecule has 4 amide bonds. The number of alkyl carbamates (subject to hydrolysis) is 1. The van der Waals surface area contributed by atoms with Gasteiger partial charge in [-0.3, -0.25) is 19.1 Å². The van der Waals surface area contributed by atoms with Crippen molar-refractivity contribution in [1.82, 2.24) is 30.2 Å². The Morgan fingerprint density at radius 1 is 1.02 bits per heavy atom. The number of hydrogen-bond donors (Lipinski definition) is 3. The number of sulfonamides is 1. The number of nitrogens with zero attached hydrogens (tertiary/aromatic N) is 3. The lowest BCUT2D eigenvalue weighted by molar-refractivity contribution is -0.244. The number of alkyl halides is 6. The maximum Gasteiger partial charge on any atom is 0.438 e. The van der Waals surface area contributed by atoms with Gasteiger partial charge in [0.05, 0.1) is 29.4 Å². The van der Waals surface area contributed by atoms with Crippen LogP contribution in [0.3, 0.4) is 0 Å². The second-order valence-electron chi connectivity index (χ2n) is 16.0. The molecule has 22 heteroatoms. The molecule has 324 valence electrons. The smallest absolute Gasteiger partial charge is 0.438 e. The largest absolute Gasteiger partial charge is 0.497 e. The van der Waals surface area contributed by atoms with Crippen LogP contribution in [0.1, 0.15) is 84.3 Å². The number of ether oxygens (including phenoxy) is 3. The Bertz CT molecular complexity index is 2150. The summed E-state index contributed by atoms with van der Waals surface area (Å²) in [6.07, 6.45) is -7.97. The van der Waals surface area contributed by atoms with Crippen molar-refractivity contribution in [3.05, 3.63) is 36.0 Å². The van der Waals surface area contributed by atoms with E-state index in [1.807, 2.05) is 0 Å². The highest BCUT2D eigenvalue weighted by Crippen LogP contribution is 2.48. The standard InChI is InChI=1S/C37H44F6N6O9S/c1-33(2,37(41,42)43)58-32(53)46-24-11-9-7-5-6-8-10-20-18-35(20,31(52)48-59(54,55)34(3)14-15-34)47-28(50)26-17-22(19-49(26)30(24)51)57-29-27(36(38,39)40)44-23-13-12-21(56-4)16-25(23)45-29/h8,10,12-13,16,20,22,24,26H,5-7,9,11,14-15,17-19H2,1-4H3,(H,46,53)(H,47,50)(H,48,52)/b10-8-/t20-,22-,24+,26+,35-/m1/s1. The molecule has 1 aromatic heterocycles. The third-order valence-electron chi connectivity index (χ3n) is 11.2. The summed E-state index contributed by atoms with van der Waals surface area (Å²) in [6.45, 7) is 2.08. The summed E-state index contributed by atoms with van der Waals surface area (Å²) in [6, 6.07) is 0.750. The maximum atomic E-state index is 14.4. The van der Waals surface area contributed by atoms with Gasteiger partial charge in [0.1, 0.15) is 29.5 Å². The minimum Gasteiger partial charge on any atom is -0.497 e. The first-order chi connectivity index (χ1) is 27.4. The molecule has 3 heterocycles. The van der Waals surface area contributed by atoms with E-state index in [2.05, 4.69) is 30.1 Å². The molecule has 0 radical (unpaired) electrons. The van der Waals surface area contributed by atoms with Crippen LogP contribution in [0.2, 0.25) is 0 Å². The number of fused-ring (bicyclic) bond motifs is 3. The minimum atomic E-state index is -5.09. The molecule has 4 aliphatic rings. The summed E-state index contributed by atoms with van der Waals surface area (Å²) >= 11 is 0. The van der Waals surface area contributed by atoms with Crippen molar-refractivity contribution in [1.29, 1.82) is 0 Å². The number of methoxy groups -OCH3 is 1. The predicted molar refractivity (Wildman–Crippen MR) is 195 cm³/mol. The van der Waals surface area contributed by atoms with Gasteiger partial charge in [0, 0.05) is 18.4 Å². The molecule has 5 atom stereocenters. The molecule has 2 aliphatic carbocycles. The van der Waals surface area contributed by atoms with Crippen LogP contribution in [-0.2, 0) is 35.3 Å². The molecule has 2 aromatic rings. The summed E-state index contributed by atoms with van der Waals surface area (Å²) in [5.41, 5.74) is -6.48. The van der Waals surface area contributed by atoms with E-state index in [1.54, 1.807) is 12.2 Å². The third-order valence-corrected chi connectivity index (χ3v) is 13.3. The number of amides is 4. The van der Waals surface area contributed by atoms with Crippen LogP contribution in [0.4, 0.5) is 31.1 Å². The fourth-order valence-corrected chi connectivity index (χ4v) is 8.29. The van der Waals surface area contributed by atoms with Gasteiger partial charge < -0.3 is 29.7 Å². The zero-order chi connectivity index (χ0) is 43.3. The van der Waals surface area contributed by atoms with E-state index in [4.69, 9.17) is 9.47 Å². The zero-order valence-corrected chi connectivity index (χ0v) is 33.3. The molecule has 59 heavy (non-hydrogen) atoms. The van der Waals surface area contributed by atoms with E-state index in [9.17, 15) is 53.9 Å². The first-order valence-corrected chi connectivity index (χ1v) is 20.4. The molecule has 3 fully saturated rings. The van der Waals surface area contributed by atoms with Crippen LogP contribution in [-0.4, -0.2) is 101 Å². The minimum absolute atomic E-state index is 0.0238. The monoisotopic (exact) mass is 862 g/mol. The summed E-state index contributed by atoms with van der Waals surface area (Å²) in [5.74, 6) is -4.46. The average Bonchev–Trinajstić information content (AvgIpc) is 4.02. The maximum absolute atomic E-state index is 14.4. The number of allylic oxidation sites excluding steroid dienone is 1. The first kappa shape index (κ1) is 43.7.